The van der Waals surface area contributed by atoms with Gasteiger partial charge in [-0.15, -0.1) is 0 Å². The Kier molecular flexibility index (Phi) is 5.06. The Morgan fingerprint density at radius 1 is 1.42 bits per heavy atom. The lowest BCUT2D eigenvalue weighted by atomic mass is 10.0. The number of nitrogen functional groups attached to an aromatic ring is 1. The molecule has 0 spiro atoms. The molecule has 1 saturated heterocycles. The van der Waals surface area contributed by atoms with Crippen LogP contribution in [0.2, 0.25) is 0 Å². The number of benzene rings is 1. The van der Waals surface area contributed by atoms with Crippen LogP contribution in [0.25, 0.3) is 0 Å². The van der Waals surface area contributed by atoms with E-state index in [9.17, 15) is 10.1 Å². The van der Waals surface area contributed by atoms with E-state index >= 15 is 0 Å². The maximum Gasteiger partial charge on any atom is 0.353 e. The number of nitrogens with zero attached hydrogens (tertiary/aromatic N) is 4. The maximum atomic E-state index is 11.5. The molecule has 138 valence electrons. The first-order valence-corrected chi connectivity index (χ1v) is 8.46. The second-order valence-electron chi connectivity index (χ2n) is 6.41. The number of methoxy groups -OCH3 is 1. The van der Waals surface area contributed by atoms with Crippen molar-refractivity contribution in [3.8, 4) is 5.75 Å². The molecule has 3 rings (SSSR count). The second kappa shape index (κ2) is 7.42. The summed E-state index contributed by atoms with van der Waals surface area (Å²) in [6.07, 6.45) is 2.06. The molecule has 2 aromatic rings. The summed E-state index contributed by atoms with van der Waals surface area (Å²) in [5, 5.41) is 14.5. The first kappa shape index (κ1) is 17.7. The zero-order valence-electron chi connectivity index (χ0n) is 14.8. The Hall–Kier alpha value is -3.10. The summed E-state index contributed by atoms with van der Waals surface area (Å²) < 4.78 is 5.19. The monoisotopic (exact) mass is 358 g/mol. The summed E-state index contributed by atoms with van der Waals surface area (Å²) in [5.41, 5.74) is 6.35. The Morgan fingerprint density at radius 2 is 2.23 bits per heavy atom. The van der Waals surface area contributed by atoms with Gasteiger partial charge >= 0.3 is 5.69 Å². The predicted molar refractivity (Wildman–Crippen MR) is 100.0 cm³/mol. The molecule has 1 aliphatic heterocycles. The molecule has 3 N–H and O–H groups in total. The minimum Gasteiger partial charge on any atom is -0.497 e. The lowest BCUT2D eigenvalue weighted by Crippen LogP contribution is -2.35. The summed E-state index contributed by atoms with van der Waals surface area (Å²) in [6.45, 7) is 3.54. The number of piperidine rings is 1. The third-order valence-corrected chi connectivity index (χ3v) is 4.36. The summed E-state index contributed by atoms with van der Waals surface area (Å²) >= 11 is 0. The van der Waals surface area contributed by atoms with Crippen LogP contribution in [0.4, 0.5) is 29.0 Å². The van der Waals surface area contributed by atoms with Crippen molar-refractivity contribution in [1.29, 1.82) is 0 Å². The third kappa shape index (κ3) is 3.76. The molecular formula is C17H22N6O3. The van der Waals surface area contributed by atoms with Crippen molar-refractivity contribution in [2.75, 3.05) is 36.1 Å². The second-order valence-corrected chi connectivity index (χ2v) is 6.41. The zero-order valence-corrected chi connectivity index (χ0v) is 14.8. The molecule has 0 aliphatic carbocycles. The lowest BCUT2D eigenvalue weighted by Gasteiger charge is -2.31. The van der Waals surface area contributed by atoms with Gasteiger partial charge in [0, 0.05) is 24.8 Å². The Labute approximate surface area is 151 Å². The van der Waals surface area contributed by atoms with Crippen molar-refractivity contribution in [3.63, 3.8) is 0 Å². The number of hydrogen-bond donors (Lipinski definition) is 2. The summed E-state index contributed by atoms with van der Waals surface area (Å²) in [7, 11) is 1.58. The van der Waals surface area contributed by atoms with Crippen LogP contribution >= 0.6 is 0 Å². The molecule has 1 aromatic carbocycles. The number of ether oxygens (including phenoxy) is 1. The lowest BCUT2D eigenvalue weighted by molar-refractivity contribution is -0.383. The van der Waals surface area contributed by atoms with Crippen molar-refractivity contribution in [2.24, 2.45) is 5.92 Å². The van der Waals surface area contributed by atoms with Gasteiger partial charge in [-0.3, -0.25) is 10.1 Å². The molecule has 26 heavy (non-hydrogen) atoms. The molecule has 1 aromatic heterocycles. The van der Waals surface area contributed by atoms with Crippen LogP contribution in [-0.4, -0.2) is 35.1 Å². The zero-order chi connectivity index (χ0) is 18.7. The van der Waals surface area contributed by atoms with Gasteiger partial charge in [0.05, 0.1) is 12.0 Å². The SMILES string of the molecule is COc1cccc(Nc2nc(N)c([N+](=O)[O-])c(N3CCC[C@H](C)C3)n2)c1. The number of nitrogens with one attached hydrogen (secondary N) is 1. The van der Waals surface area contributed by atoms with Crippen molar-refractivity contribution in [3.05, 3.63) is 34.4 Å². The molecule has 0 unspecified atom stereocenters. The van der Waals surface area contributed by atoms with Gasteiger partial charge in [-0.2, -0.15) is 9.97 Å². The fourth-order valence-electron chi connectivity index (χ4n) is 3.12. The normalized spacial score (nSPS) is 17.0. The molecule has 0 radical (unpaired) electrons. The number of anilines is 4. The van der Waals surface area contributed by atoms with Gasteiger partial charge in [0.1, 0.15) is 5.75 Å². The minimum absolute atomic E-state index is 0.149. The summed E-state index contributed by atoms with van der Waals surface area (Å²) in [5.74, 6) is 1.45. The van der Waals surface area contributed by atoms with E-state index in [1.54, 1.807) is 13.2 Å². The van der Waals surface area contributed by atoms with E-state index in [0.717, 1.165) is 12.8 Å². The molecular weight excluding hydrogens is 336 g/mol. The van der Waals surface area contributed by atoms with Gasteiger partial charge in [-0.05, 0) is 30.9 Å². The van der Waals surface area contributed by atoms with Crippen LogP contribution in [0, 0.1) is 16.0 Å². The molecule has 1 atom stereocenters. The van der Waals surface area contributed by atoms with Crippen LogP contribution in [0.15, 0.2) is 24.3 Å². The van der Waals surface area contributed by atoms with Crippen LogP contribution in [0.5, 0.6) is 5.75 Å². The highest BCUT2D eigenvalue weighted by Crippen LogP contribution is 2.35. The number of nitrogens with two attached hydrogens (primary N) is 1. The van der Waals surface area contributed by atoms with Gasteiger partial charge < -0.3 is 20.7 Å². The van der Waals surface area contributed by atoms with Gasteiger partial charge in [-0.1, -0.05) is 13.0 Å². The first-order chi connectivity index (χ1) is 12.5. The molecule has 1 aliphatic rings. The van der Waals surface area contributed by atoms with Crippen LogP contribution < -0.4 is 20.7 Å². The van der Waals surface area contributed by atoms with E-state index < -0.39 is 4.92 Å². The highest BCUT2D eigenvalue weighted by molar-refractivity contribution is 5.72. The van der Waals surface area contributed by atoms with Crippen LogP contribution in [0.1, 0.15) is 19.8 Å². The molecule has 2 heterocycles. The van der Waals surface area contributed by atoms with E-state index in [1.807, 2.05) is 23.1 Å². The number of rotatable bonds is 5. The van der Waals surface area contributed by atoms with Crippen molar-refractivity contribution in [2.45, 2.75) is 19.8 Å². The molecule has 9 heteroatoms. The van der Waals surface area contributed by atoms with Gasteiger partial charge in [0.2, 0.25) is 17.6 Å². The number of nitro groups is 1. The average Bonchev–Trinajstić information content (AvgIpc) is 2.61. The van der Waals surface area contributed by atoms with Crippen LogP contribution in [-0.2, 0) is 0 Å². The van der Waals surface area contributed by atoms with Gasteiger partial charge in [-0.25, -0.2) is 0 Å². The van der Waals surface area contributed by atoms with Gasteiger partial charge in [0.15, 0.2) is 0 Å². The van der Waals surface area contributed by atoms with Crippen molar-refractivity contribution >= 4 is 29.0 Å². The highest BCUT2D eigenvalue weighted by atomic mass is 16.6. The largest absolute Gasteiger partial charge is 0.497 e. The fourth-order valence-corrected chi connectivity index (χ4v) is 3.12. The van der Waals surface area contributed by atoms with E-state index in [4.69, 9.17) is 10.5 Å². The van der Waals surface area contributed by atoms with Gasteiger partial charge in [0.25, 0.3) is 0 Å². The summed E-state index contributed by atoms with van der Waals surface area (Å²) in [6, 6.07) is 7.25. The van der Waals surface area contributed by atoms with E-state index in [-0.39, 0.29) is 23.3 Å². The Morgan fingerprint density at radius 3 is 2.92 bits per heavy atom. The standard InChI is InChI=1S/C17H22N6O3/c1-11-5-4-8-22(10-11)16-14(23(24)25)15(18)20-17(21-16)19-12-6-3-7-13(9-12)26-2/h3,6-7,9,11H,4-5,8,10H2,1-2H3,(H3,18,19,20,21)/t11-/m0/s1. The van der Waals surface area contributed by atoms with Crippen molar-refractivity contribution in [1.82, 2.24) is 9.97 Å². The topological polar surface area (TPSA) is 119 Å². The molecule has 0 bridgehead atoms. The molecule has 9 nitrogen and oxygen atoms in total. The van der Waals surface area contributed by atoms with Crippen LogP contribution in [0.3, 0.4) is 0 Å². The van der Waals surface area contributed by atoms with Crippen molar-refractivity contribution < 1.29 is 9.66 Å². The predicted octanol–water partition coefficient (Wildman–Crippen LogP) is 2.96. The molecule has 1 fully saturated rings. The fraction of sp³-hybridized carbons (Fsp3) is 0.412. The molecule has 0 amide bonds. The third-order valence-electron chi connectivity index (χ3n) is 4.36. The molecule has 0 saturated carbocycles. The van der Waals surface area contributed by atoms with E-state index in [1.165, 1.54) is 0 Å². The first-order valence-electron chi connectivity index (χ1n) is 8.46. The summed E-state index contributed by atoms with van der Waals surface area (Å²) in [4.78, 5) is 21.4. The number of hydrogen-bond acceptors (Lipinski definition) is 8. The quantitative estimate of drug-likeness (QED) is 0.618. The Balaban J connectivity index is 1.97. The highest BCUT2D eigenvalue weighted by Gasteiger charge is 2.29. The van der Waals surface area contributed by atoms with E-state index in [0.29, 0.717) is 30.4 Å². The maximum absolute atomic E-state index is 11.5. The minimum atomic E-state index is -0.515. The number of aromatic nitrogens is 2. The Bertz CT molecular complexity index is 813. The van der Waals surface area contributed by atoms with E-state index in [2.05, 4.69) is 22.2 Å². The average molecular weight is 358 g/mol. The smallest absolute Gasteiger partial charge is 0.353 e.